The van der Waals surface area contributed by atoms with E-state index in [0.717, 1.165) is 10.0 Å². The van der Waals surface area contributed by atoms with Gasteiger partial charge < -0.3 is 19.5 Å². The smallest absolute Gasteiger partial charge is 0.238 e. The van der Waals surface area contributed by atoms with Gasteiger partial charge in [-0.3, -0.25) is 9.69 Å². The summed E-state index contributed by atoms with van der Waals surface area (Å²) in [5.41, 5.74) is 1.60. The molecule has 1 amide bonds. The van der Waals surface area contributed by atoms with Crippen molar-refractivity contribution in [3.05, 3.63) is 51.5 Å². The van der Waals surface area contributed by atoms with Crippen molar-refractivity contribution in [3.63, 3.8) is 0 Å². The molecule has 0 radical (unpaired) electrons. The molecule has 150 valence electrons. The number of halogens is 2. The van der Waals surface area contributed by atoms with E-state index in [1.54, 1.807) is 12.1 Å². The first-order valence-corrected chi connectivity index (χ1v) is 9.98. The Labute approximate surface area is 177 Å². The summed E-state index contributed by atoms with van der Waals surface area (Å²) in [6.45, 7) is 2.17. The summed E-state index contributed by atoms with van der Waals surface area (Å²) in [5.74, 6) is 0.836. The van der Waals surface area contributed by atoms with Crippen molar-refractivity contribution in [3.8, 4) is 11.5 Å². The highest BCUT2D eigenvalue weighted by Crippen LogP contribution is 2.36. The second-order valence-corrected chi connectivity index (χ2v) is 7.70. The molecule has 1 saturated heterocycles. The van der Waals surface area contributed by atoms with E-state index in [1.165, 1.54) is 14.2 Å². The van der Waals surface area contributed by atoms with E-state index in [4.69, 9.17) is 25.8 Å². The van der Waals surface area contributed by atoms with Gasteiger partial charge in [0.2, 0.25) is 5.91 Å². The lowest BCUT2D eigenvalue weighted by Crippen LogP contribution is -2.42. The molecule has 6 nitrogen and oxygen atoms in total. The highest BCUT2D eigenvalue weighted by atomic mass is 79.9. The van der Waals surface area contributed by atoms with Crippen molar-refractivity contribution in [2.75, 3.05) is 45.8 Å². The van der Waals surface area contributed by atoms with Crippen LogP contribution < -0.4 is 14.8 Å². The standard InChI is InChI=1S/C20H22BrClN2O4/c1-26-17-10-18(27-2)16(9-15(17)22)23-20(25)12-24-7-8-28-19(11-24)13-3-5-14(21)6-4-13/h3-6,9-10,19H,7-8,11-12H2,1-2H3,(H,23,25). The molecule has 2 aromatic carbocycles. The maximum absolute atomic E-state index is 12.6. The van der Waals surface area contributed by atoms with Crippen molar-refractivity contribution >= 4 is 39.1 Å². The Balaban J connectivity index is 1.63. The number of ether oxygens (including phenoxy) is 3. The van der Waals surface area contributed by atoms with Crippen LogP contribution in [0, 0.1) is 0 Å². The number of amides is 1. The Morgan fingerprint density at radius 1 is 1.25 bits per heavy atom. The number of anilines is 1. The van der Waals surface area contributed by atoms with Crippen molar-refractivity contribution < 1.29 is 19.0 Å². The molecular weight excluding hydrogens is 448 g/mol. The Hall–Kier alpha value is -1.80. The number of benzene rings is 2. The monoisotopic (exact) mass is 468 g/mol. The molecule has 0 aliphatic carbocycles. The second-order valence-electron chi connectivity index (χ2n) is 6.38. The number of carbonyl (C=O) groups excluding carboxylic acids is 1. The number of methoxy groups -OCH3 is 2. The summed E-state index contributed by atoms with van der Waals surface area (Å²) in [6, 6.07) is 11.3. The number of carbonyl (C=O) groups is 1. The summed E-state index contributed by atoms with van der Waals surface area (Å²) in [5, 5.41) is 3.27. The average Bonchev–Trinajstić information content (AvgIpc) is 2.69. The zero-order valence-corrected chi connectivity index (χ0v) is 18.0. The maximum atomic E-state index is 12.6. The topological polar surface area (TPSA) is 60.0 Å². The van der Waals surface area contributed by atoms with Crippen molar-refractivity contribution in [1.82, 2.24) is 4.90 Å². The quantitative estimate of drug-likeness (QED) is 0.689. The largest absolute Gasteiger partial charge is 0.495 e. The van der Waals surface area contributed by atoms with E-state index in [2.05, 4.69) is 26.1 Å². The minimum atomic E-state index is -0.143. The molecule has 1 aliphatic heterocycles. The number of nitrogens with zero attached hydrogens (tertiary/aromatic N) is 1. The van der Waals surface area contributed by atoms with Gasteiger partial charge in [0.25, 0.3) is 0 Å². The van der Waals surface area contributed by atoms with E-state index < -0.39 is 0 Å². The Morgan fingerprint density at radius 2 is 1.96 bits per heavy atom. The van der Waals surface area contributed by atoms with E-state index in [9.17, 15) is 4.79 Å². The summed E-state index contributed by atoms with van der Waals surface area (Å²) in [4.78, 5) is 14.6. The third-order valence-corrected chi connectivity index (χ3v) is 5.33. The second kappa shape index (κ2) is 9.60. The number of rotatable bonds is 6. The summed E-state index contributed by atoms with van der Waals surface area (Å²) in [7, 11) is 3.06. The Kier molecular flexibility index (Phi) is 7.18. The normalized spacial score (nSPS) is 17.2. The lowest BCUT2D eigenvalue weighted by atomic mass is 10.1. The molecule has 0 spiro atoms. The van der Waals surface area contributed by atoms with Gasteiger partial charge in [0.1, 0.15) is 11.5 Å². The van der Waals surface area contributed by atoms with Crippen LogP contribution in [0.3, 0.4) is 0 Å². The highest BCUT2D eigenvalue weighted by molar-refractivity contribution is 9.10. The zero-order valence-electron chi connectivity index (χ0n) is 15.7. The summed E-state index contributed by atoms with van der Waals surface area (Å²) < 4.78 is 17.4. The Morgan fingerprint density at radius 3 is 2.64 bits per heavy atom. The first kappa shape index (κ1) is 20.9. The molecule has 0 aromatic heterocycles. The molecule has 8 heteroatoms. The highest BCUT2D eigenvalue weighted by Gasteiger charge is 2.24. The number of hydrogen-bond acceptors (Lipinski definition) is 5. The minimum Gasteiger partial charge on any atom is -0.495 e. The first-order valence-electron chi connectivity index (χ1n) is 8.81. The zero-order chi connectivity index (χ0) is 20.1. The van der Waals surface area contributed by atoms with Crippen molar-refractivity contribution in [1.29, 1.82) is 0 Å². The molecule has 0 bridgehead atoms. The van der Waals surface area contributed by atoms with Crippen LogP contribution in [0.4, 0.5) is 5.69 Å². The predicted octanol–water partition coefficient (Wildman–Crippen LogP) is 4.13. The van der Waals surface area contributed by atoms with Crippen LogP contribution in [-0.4, -0.2) is 51.3 Å². The van der Waals surface area contributed by atoms with Gasteiger partial charge in [-0.2, -0.15) is 0 Å². The molecule has 1 aliphatic rings. The maximum Gasteiger partial charge on any atom is 0.238 e. The van der Waals surface area contributed by atoms with Gasteiger partial charge in [-0.15, -0.1) is 0 Å². The lowest BCUT2D eigenvalue weighted by Gasteiger charge is -2.32. The van der Waals surface area contributed by atoms with E-state index in [-0.39, 0.29) is 18.6 Å². The van der Waals surface area contributed by atoms with Crippen LogP contribution in [-0.2, 0) is 9.53 Å². The van der Waals surface area contributed by atoms with Gasteiger partial charge in [0, 0.05) is 23.6 Å². The Bertz CT molecular complexity index is 832. The molecule has 28 heavy (non-hydrogen) atoms. The summed E-state index contributed by atoms with van der Waals surface area (Å²) >= 11 is 9.61. The van der Waals surface area contributed by atoms with Crippen LogP contribution in [0.5, 0.6) is 11.5 Å². The average molecular weight is 470 g/mol. The molecular formula is C20H22BrClN2O4. The van der Waals surface area contributed by atoms with Gasteiger partial charge in [-0.1, -0.05) is 39.7 Å². The third-order valence-electron chi connectivity index (χ3n) is 4.51. The molecule has 1 fully saturated rings. The molecule has 2 aromatic rings. The molecule has 0 saturated carbocycles. The van der Waals surface area contributed by atoms with Crippen LogP contribution in [0.25, 0.3) is 0 Å². The van der Waals surface area contributed by atoms with E-state index in [0.29, 0.717) is 41.9 Å². The minimum absolute atomic E-state index is 0.0559. The van der Waals surface area contributed by atoms with Gasteiger partial charge in [0.15, 0.2) is 0 Å². The fourth-order valence-corrected chi connectivity index (χ4v) is 3.58. The van der Waals surface area contributed by atoms with Crippen LogP contribution in [0.15, 0.2) is 40.9 Å². The van der Waals surface area contributed by atoms with Gasteiger partial charge in [-0.05, 0) is 23.8 Å². The third kappa shape index (κ3) is 5.17. The van der Waals surface area contributed by atoms with E-state index >= 15 is 0 Å². The number of nitrogens with one attached hydrogen (secondary N) is 1. The number of hydrogen-bond donors (Lipinski definition) is 1. The first-order chi connectivity index (χ1) is 13.5. The van der Waals surface area contributed by atoms with Gasteiger partial charge in [-0.25, -0.2) is 0 Å². The van der Waals surface area contributed by atoms with Crippen LogP contribution in [0.1, 0.15) is 11.7 Å². The lowest BCUT2D eigenvalue weighted by molar-refractivity contribution is -0.119. The molecule has 1 heterocycles. The molecule has 1 atom stereocenters. The SMILES string of the molecule is COc1cc(OC)c(NC(=O)CN2CCOC(c3ccc(Br)cc3)C2)cc1Cl. The molecule has 3 rings (SSSR count). The van der Waals surface area contributed by atoms with Gasteiger partial charge >= 0.3 is 0 Å². The fraction of sp³-hybridized carbons (Fsp3) is 0.350. The van der Waals surface area contributed by atoms with Crippen molar-refractivity contribution in [2.24, 2.45) is 0 Å². The van der Waals surface area contributed by atoms with Crippen LogP contribution in [0.2, 0.25) is 5.02 Å². The fourth-order valence-electron chi connectivity index (χ4n) is 3.08. The van der Waals surface area contributed by atoms with Crippen molar-refractivity contribution in [2.45, 2.75) is 6.10 Å². The predicted molar refractivity (Wildman–Crippen MR) is 112 cm³/mol. The van der Waals surface area contributed by atoms with E-state index in [1.807, 2.05) is 24.3 Å². The molecule has 1 unspecified atom stereocenters. The molecule has 1 N–H and O–H groups in total. The number of morpholine rings is 1. The summed E-state index contributed by atoms with van der Waals surface area (Å²) in [6.07, 6.45) is -0.0559. The van der Waals surface area contributed by atoms with Gasteiger partial charge in [0.05, 0.1) is 44.2 Å². The van der Waals surface area contributed by atoms with Crippen LogP contribution >= 0.6 is 27.5 Å².